The monoisotopic (exact) mass is 314 g/mol. The molecule has 0 unspecified atom stereocenters. The molecule has 2 aromatic carbocycles. The van der Waals surface area contributed by atoms with Gasteiger partial charge in [-0.2, -0.15) is 0 Å². The maximum absolute atomic E-state index is 12.0. The van der Waals surface area contributed by atoms with Gasteiger partial charge in [0.05, 0.1) is 14.2 Å². The molecule has 23 heavy (non-hydrogen) atoms. The number of carbonyl (C=O) groups is 1. The van der Waals surface area contributed by atoms with Gasteiger partial charge >= 0.3 is 6.03 Å². The summed E-state index contributed by atoms with van der Waals surface area (Å²) < 4.78 is 10.4. The van der Waals surface area contributed by atoms with Crippen LogP contribution in [0.15, 0.2) is 36.4 Å². The van der Waals surface area contributed by atoms with Crippen molar-refractivity contribution in [2.75, 3.05) is 19.5 Å². The summed E-state index contributed by atoms with van der Waals surface area (Å²) in [6, 6.07) is 11.1. The molecule has 0 fully saturated rings. The SMILES string of the molecule is COc1ccc(CNC(=O)Nc2ccc(C)c(C)c2)cc1OC. The Morgan fingerprint density at radius 2 is 1.70 bits per heavy atom. The Hall–Kier alpha value is -2.69. The van der Waals surface area contributed by atoms with E-state index in [2.05, 4.69) is 10.6 Å². The Balaban J connectivity index is 1.95. The zero-order chi connectivity index (χ0) is 16.8. The van der Waals surface area contributed by atoms with Crippen LogP contribution in [-0.2, 0) is 6.54 Å². The largest absolute Gasteiger partial charge is 0.493 e. The number of aryl methyl sites for hydroxylation is 2. The van der Waals surface area contributed by atoms with Crippen LogP contribution in [0, 0.1) is 13.8 Å². The van der Waals surface area contributed by atoms with Crippen molar-refractivity contribution in [3.63, 3.8) is 0 Å². The number of hydrogen-bond acceptors (Lipinski definition) is 3. The lowest BCUT2D eigenvalue weighted by Gasteiger charge is -2.11. The van der Waals surface area contributed by atoms with Crippen molar-refractivity contribution in [1.82, 2.24) is 5.32 Å². The molecular weight excluding hydrogens is 292 g/mol. The first-order chi connectivity index (χ1) is 11.0. The van der Waals surface area contributed by atoms with Gasteiger partial charge in [0.2, 0.25) is 0 Å². The molecule has 0 heterocycles. The third kappa shape index (κ3) is 4.39. The third-order valence-corrected chi connectivity index (χ3v) is 3.67. The van der Waals surface area contributed by atoms with Crippen LogP contribution < -0.4 is 20.1 Å². The molecule has 0 aliphatic heterocycles. The molecular formula is C18H22N2O3. The number of benzene rings is 2. The molecule has 0 aliphatic rings. The van der Waals surface area contributed by atoms with Crippen molar-refractivity contribution in [3.8, 4) is 11.5 Å². The Labute approximate surface area is 136 Å². The fraction of sp³-hybridized carbons (Fsp3) is 0.278. The number of hydrogen-bond donors (Lipinski definition) is 2. The van der Waals surface area contributed by atoms with E-state index in [-0.39, 0.29) is 6.03 Å². The molecule has 0 saturated carbocycles. The second-order valence-corrected chi connectivity index (χ2v) is 5.30. The zero-order valence-corrected chi connectivity index (χ0v) is 13.9. The normalized spacial score (nSPS) is 10.1. The maximum atomic E-state index is 12.0. The number of anilines is 1. The summed E-state index contributed by atoms with van der Waals surface area (Å²) >= 11 is 0. The van der Waals surface area contributed by atoms with Crippen molar-refractivity contribution in [3.05, 3.63) is 53.1 Å². The lowest BCUT2D eigenvalue weighted by Crippen LogP contribution is -2.28. The van der Waals surface area contributed by atoms with Crippen LogP contribution in [-0.4, -0.2) is 20.3 Å². The highest BCUT2D eigenvalue weighted by Crippen LogP contribution is 2.27. The smallest absolute Gasteiger partial charge is 0.319 e. The molecule has 0 radical (unpaired) electrons. The zero-order valence-electron chi connectivity index (χ0n) is 13.9. The van der Waals surface area contributed by atoms with Gasteiger partial charge in [0.1, 0.15) is 0 Å². The van der Waals surface area contributed by atoms with E-state index in [1.54, 1.807) is 14.2 Å². The fourth-order valence-electron chi connectivity index (χ4n) is 2.17. The van der Waals surface area contributed by atoms with Crippen LogP contribution in [0.25, 0.3) is 0 Å². The van der Waals surface area contributed by atoms with E-state index in [9.17, 15) is 4.79 Å². The Morgan fingerprint density at radius 1 is 0.957 bits per heavy atom. The molecule has 0 aromatic heterocycles. The molecule has 0 aliphatic carbocycles. The highest BCUT2D eigenvalue weighted by Gasteiger charge is 2.06. The van der Waals surface area contributed by atoms with Crippen molar-refractivity contribution >= 4 is 11.7 Å². The van der Waals surface area contributed by atoms with E-state index in [1.807, 2.05) is 50.2 Å². The molecule has 2 aromatic rings. The molecule has 2 rings (SSSR count). The van der Waals surface area contributed by atoms with Gasteiger partial charge in [0.25, 0.3) is 0 Å². The van der Waals surface area contributed by atoms with Crippen molar-refractivity contribution < 1.29 is 14.3 Å². The number of ether oxygens (including phenoxy) is 2. The fourth-order valence-corrected chi connectivity index (χ4v) is 2.17. The number of methoxy groups -OCH3 is 2. The van der Waals surface area contributed by atoms with Gasteiger partial charge in [0, 0.05) is 12.2 Å². The summed E-state index contributed by atoms with van der Waals surface area (Å²) in [5, 5.41) is 5.65. The molecule has 2 amide bonds. The highest BCUT2D eigenvalue weighted by atomic mass is 16.5. The minimum absolute atomic E-state index is 0.247. The molecule has 122 valence electrons. The van der Waals surface area contributed by atoms with Crippen molar-refractivity contribution in [2.45, 2.75) is 20.4 Å². The first kappa shape index (κ1) is 16.7. The summed E-state index contributed by atoms with van der Waals surface area (Å²) in [7, 11) is 3.17. The number of rotatable bonds is 5. The predicted molar refractivity (Wildman–Crippen MR) is 91.3 cm³/mol. The van der Waals surface area contributed by atoms with Crippen LogP contribution >= 0.6 is 0 Å². The standard InChI is InChI=1S/C18H22N2O3/c1-12-5-7-15(9-13(12)2)20-18(21)19-11-14-6-8-16(22-3)17(10-14)23-4/h5-10H,11H2,1-4H3,(H2,19,20,21). The third-order valence-electron chi connectivity index (χ3n) is 3.67. The van der Waals surface area contributed by atoms with E-state index in [0.29, 0.717) is 18.0 Å². The van der Waals surface area contributed by atoms with Crippen LogP contribution in [0.2, 0.25) is 0 Å². The first-order valence-electron chi connectivity index (χ1n) is 7.36. The van der Waals surface area contributed by atoms with Gasteiger partial charge < -0.3 is 20.1 Å². The molecule has 5 nitrogen and oxygen atoms in total. The predicted octanol–water partition coefficient (Wildman–Crippen LogP) is 3.64. The van der Waals surface area contributed by atoms with Crippen molar-refractivity contribution in [1.29, 1.82) is 0 Å². The molecule has 0 bridgehead atoms. The van der Waals surface area contributed by atoms with Gasteiger partial charge in [-0.3, -0.25) is 0 Å². The van der Waals surface area contributed by atoms with E-state index in [0.717, 1.165) is 16.8 Å². The average Bonchev–Trinajstić information content (AvgIpc) is 2.56. The molecule has 0 spiro atoms. The number of carbonyl (C=O) groups excluding carboxylic acids is 1. The van der Waals surface area contributed by atoms with Gasteiger partial charge in [0.15, 0.2) is 11.5 Å². The average molecular weight is 314 g/mol. The summed E-state index contributed by atoms with van der Waals surface area (Å²) in [5.41, 5.74) is 4.04. The Bertz CT molecular complexity index is 699. The van der Waals surface area contributed by atoms with E-state index in [4.69, 9.17) is 9.47 Å². The van der Waals surface area contributed by atoms with E-state index < -0.39 is 0 Å². The second-order valence-electron chi connectivity index (χ2n) is 5.30. The van der Waals surface area contributed by atoms with Gasteiger partial charge in [-0.1, -0.05) is 12.1 Å². The molecule has 5 heteroatoms. The van der Waals surface area contributed by atoms with Crippen LogP contribution in [0.5, 0.6) is 11.5 Å². The number of amides is 2. The van der Waals surface area contributed by atoms with Gasteiger partial charge in [-0.15, -0.1) is 0 Å². The summed E-state index contributed by atoms with van der Waals surface area (Å²) in [6.45, 7) is 4.45. The minimum atomic E-state index is -0.247. The van der Waals surface area contributed by atoms with Crippen LogP contribution in [0.3, 0.4) is 0 Å². The summed E-state index contributed by atoms with van der Waals surface area (Å²) in [5.74, 6) is 1.30. The molecule has 0 atom stereocenters. The van der Waals surface area contributed by atoms with Crippen LogP contribution in [0.1, 0.15) is 16.7 Å². The van der Waals surface area contributed by atoms with Crippen molar-refractivity contribution in [2.24, 2.45) is 0 Å². The topological polar surface area (TPSA) is 59.6 Å². The van der Waals surface area contributed by atoms with Gasteiger partial charge in [-0.05, 0) is 54.8 Å². The lowest BCUT2D eigenvalue weighted by molar-refractivity contribution is 0.251. The second kappa shape index (κ2) is 7.54. The van der Waals surface area contributed by atoms with Gasteiger partial charge in [-0.25, -0.2) is 4.79 Å². The quantitative estimate of drug-likeness (QED) is 0.886. The minimum Gasteiger partial charge on any atom is -0.493 e. The number of urea groups is 1. The first-order valence-corrected chi connectivity index (χ1v) is 7.36. The lowest BCUT2D eigenvalue weighted by atomic mass is 10.1. The molecule has 0 saturated heterocycles. The summed E-state index contributed by atoms with van der Waals surface area (Å²) in [6.07, 6.45) is 0. The van der Waals surface area contributed by atoms with E-state index in [1.165, 1.54) is 5.56 Å². The Kier molecular flexibility index (Phi) is 5.46. The number of nitrogens with one attached hydrogen (secondary N) is 2. The Morgan fingerprint density at radius 3 is 2.35 bits per heavy atom. The highest BCUT2D eigenvalue weighted by molar-refractivity contribution is 5.89. The maximum Gasteiger partial charge on any atom is 0.319 e. The van der Waals surface area contributed by atoms with E-state index >= 15 is 0 Å². The molecule has 2 N–H and O–H groups in total. The summed E-state index contributed by atoms with van der Waals surface area (Å²) in [4.78, 5) is 12.0. The van der Waals surface area contributed by atoms with Crippen LogP contribution in [0.4, 0.5) is 10.5 Å².